The van der Waals surface area contributed by atoms with Gasteiger partial charge in [0, 0.05) is 18.7 Å². The zero-order chi connectivity index (χ0) is 25.8. The molecule has 0 spiro atoms. The summed E-state index contributed by atoms with van der Waals surface area (Å²) in [6.45, 7) is 4.87. The Morgan fingerprint density at radius 3 is 2.59 bits per heavy atom. The number of carbonyl (C=O) groups excluding carboxylic acids is 2. The molecule has 0 saturated heterocycles. The lowest BCUT2D eigenvalue weighted by atomic mass is 10.1. The molecule has 37 heavy (non-hydrogen) atoms. The topological polar surface area (TPSA) is 112 Å². The van der Waals surface area contributed by atoms with Gasteiger partial charge in [-0.2, -0.15) is 5.10 Å². The number of hydrogen-bond acceptors (Lipinski definition) is 8. The van der Waals surface area contributed by atoms with Crippen molar-refractivity contribution in [1.82, 2.24) is 30.3 Å². The highest BCUT2D eigenvalue weighted by Crippen LogP contribution is 2.26. The first-order chi connectivity index (χ1) is 18.0. The Balaban J connectivity index is 1.29. The van der Waals surface area contributed by atoms with E-state index in [1.807, 2.05) is 68.4 Å². The van der Waals surface area contributed by atoms with Gasteiger partial charge in [0.1, 0.15) is 6.61 Å². The number of carbonyl (C=O) groups is 2. The molecule has 0 saturated carbocycles. The number of nitrogens with one attached hydrogen (secondary N) is 1. The van der Waals surface area contributed by atoms with Crippen LogP contribution in [0.15, 0.2) is 66.9 Å². The lowest BCUT2D eigenvalue weighted by molar-refractivity contribution is 0.0474. The summed E-state index contributed by atoms with van der Waals surface area (Å²) in [6, 6.07) is 19.2. The molecule has 186 valence electrons. The van der Waals surface area contributed by atoms with Gasteiger partial charge in [0.15, 0.2) is 10.7 Å². The summed E-state index contributed by atoms with van der Waals surface area (Å²) in [7, 11) is 0. The lowest BCUT2D eigenvalue weighted by Crippen LogP contribution is -2.22. The minimum Gasteiger partial charge on any atom is -0.455 e. The van der Waals surface area contributed by atoms with Gasteiger partial charge in [-0.3, -0.25) is 4.79 Å². The Bertz CT molecular complexity index is 1560. The molecule has 0 aliphatic rings. The van der Waals surface area contributed by atoms with Gasteiger partial charge in [-0.25, -0.2) is 14.5 Å². The second kappa shape index (κ2) is 10.7. The predicted octanol–water partition coefficient (Wildman–Crippen LogP) is 4.57. The maximum absolute atomic E-state index is 13.1. The van der Waals surface area contributed by atoms with Gasteiger partial charge in [0.2, 0.25) is 5.01 Å². The zero-order valence-electron chi connectivity index (χ0n) is 20.3. The molecule has 0 aliphatic carbocycles. The number of ether oxygens (including phenoxy) is 1. The summed E-state index contributed by atoms with van der Waals surface area (Å²) in [5.41, 5.74) is 4.65. The van der Waals surface area contributed by atoms with Crippen LogP contribution in [0.25, 0.3) is 22.3 Å². The van der Waals surface area contributed by atoms with Gasteiger partial charge < -0.3 is 10.1 Å². The molecule has 0 fully saturated rings. The molecule has 5 rings (SSSR count). The fraction of sp³-hybridized carbons (Fsp3) is 0.185. The number of esters is 1. The predicted molar refractivity (Wildman–Crippen MR) is 140 cm³/mol. The molecule has 0 unspecified atom stereocenters. The van der Waals surface area contributed by atoms with Crippen LogP contribution in [0.2, 0.25) is 0 Å². The molecule has 3 heterocycles. The molecule has 0 bridgehead atoms. The summed E-state index contributed by atoms with van der Waals surface area (Å²) < 4.78 is 7.30. The van der Waals surface area contributed by atoms with Gasteiger partial charge in [-0.05, 0) is 25.5 Å². The van der Waals surface area contributed by atoms with Crippen molar-refractivity contribution < 1.29 is 14.3 Å². The van der Waals surface area contributed by atoms with Gasteiger partial charge in [-0.15, -0.1) is 10.2 Å². The van der Waals surface area contributed by atoms with Crippen LogP contribution in [-0.2, 0) is 24.4 Å². The summed E-state index contributed by atoms with van der Waals surface area (Å²) in [5, 5.41) is 16.4. The highest BCUT2D eigenvalue weighted by atomic mass is 32.1. The first kappa shape index (κ1) is 24.3. The Hall–Kier alpha value is -4.44. The molecular formula is C27H24N6O3S. The summed E-state index contributed by atoms with van der Waals surface area (Å²) >= 11 is 1.09. The largest absolute Gasteiger partial charge is 0.455 e. The molecule has 0 aliphatic heterocycles. The second-order valence-electron chi connectivity index (χ2n) is 8.36. The maximum Gasteiger partial charge on any atom is 0.339 e. The van der Waals surface area contributed by atoms with Crippen molar-refractivity contribution in [2.24, 2.45) is 0 Å². The van der Waals surface area contributed by atoms with Crippen LogP contribution in [0.3, 0.4) is 0 Å². The average Bonchev–Trinajstić information content (AvgIpc) is 3.58. The molecule has 3 aromatic heterocycles. The smallest absolute Gasteiger partial charge is 0.339 e. The Morgan fingerprint density at radius 1 is 1.05 bits per heavy atom. The first-order valence-electron chi connectivity index (χ1n) is 11.8. The minimum atomic E-state index is -0.527. The molecule has 1 N–H and O–H groups in total. The van der Waals surface area contributed by atoms with Crippen molar-refractivity contribution in [3.05, 3.63) is 93.6 Å². The summed E-state index contributed by atoms with van der Waals surface area (Å²) in [4.78, 5) is 30.3. The maximum atomic E-state index is 13.1. The van der Waals surface area contributed by atoms with Crippen LogP contribution < -0.4 is 5.32 Å². The molecule has 2 aromatic carbocycles. The van der Waals surface area contributed by atoms with E-state index in [0.717, 1.165) is 28.0 Å². The van der Waals surface area contributed by atoms with E-state index in [1.165, 1.54) is 0 Å². The van der Waals surface area contributed by atoms with Crippen molar-refractivity contribution in [2.45, 2.75) is 33.5 Å². The molecule has 10 heteroatoms. The Labute approximate surface area is 217 Å². The molecule has 9 nitrogen and oxygen atoms in total. The molecular weight excluding hydrogens is 488 g/mol. The van der Waals surface area contributed by atoms with Crippen molar-refractivity contribution in [2.75, 3.05) is 0 Å². The molecule has 0 atom stereocenters. The van der Waals surface area contributed by atoms with Crippen LogP contribution in [0, 0.1) is 6.92 Å². The van der Waals surface area contributed by atoms with Gasteiger partial charge in [0.25, 0.3) is 5.91 Å². The van der Waals surface area contributed by atoms with E-state index < -0.39 is 5.97 Å². The third-order valence-electron chi connectivity index (χ3n) is 5.76. The van der Waals surface area contributed by atoms with E-state index >= 15 is 0 Å². The van der Waals surface area contributed by atoms with E-state index in [4.69, 9.17) is 9.72 Å². The lowest BCUT2D eigenvalue weighted by Gasteiger charge is -2.08. The number of pyridine rings is 1. The monoisotopic (exact) mass is 512 g/mol. The van der Waals surface area contributed by atoms with Crippen LogP contribution in [0.1, 0.15) is 43.2 Å². The average molecular weight is 513 g/mol. The standard InChI is InChI=1S/C27H24N6O3S/c1-3-33-24-21(15-29-33)20(13-22(30-24)19-7-5-4-6-8-19)27(35)36-16-23-31-32-26(37-23)25(34)28-14-18-11-9-17(2)10-12-18/h4-13,15H,3,14,16H2,1-2H3,(H,28,34). The fourth-order valence-electron chi connectivity index (χ4n) is 3.78. The summed E-state index contributed by atoms with van der Waals surface area (Å²) in [6.07, 6.45) is 1.62. The van der Waals surface area contributed by atoms with E-state index in [0.29, 0.717) is 40.4 Å². The minimum absolute atomic E-state index is 0.103. The Morgan fingerprint density at radius 2 is 1.84 bits per heavy atom. The van der Waals surface area contributed by atoms with E-state index in [2.05, 4.69) is 20.6 Å². The molecule has 0 radical (unpaired) electrons. The van der Waals surface area contributed by atoms with Crippen LogP contribution >= 0.6 is 11.3 Å². The van der Waals surface area contributed by atoms with Crippen molar-refractivity contribution >= 4 is 34.2 Å². The third kappa shape index (κ3) is 5.39. The third-order valence-corrected chi connectivity index (χ3v) is 6.66. The Kier molecular flexibility index (Phi) is 7.00. The van der Waals surface area contributed by atoms with Crippen molar-refractivity contribution in [3.8, 4) is 11.3 Å². The SMILES string of the molecule is CCn1ncc2c(C(=O)OCc3nnc(C(=O)NCc4ccc(C)cc4)s3)cc(-c3ccccc3)nc21. The van der Waals surface area contributed by atoms with Crippen LogP contribution in [0.4, 0.5) is 0 Å². The van der Waals surface area contributed by atoms with E-state index in [-0.39, 0.29) is 17.5 Å². The zero-order valence-corrected chi connectivity index (χ0v) is 21.2. The van der Waals surface area contributed by atoms with Crippen molar-refractivity contribution in [3.63, 3.8) is 0 Å². The second-order valence-corrected chi connectivity index (χ2v) is 9.43. The van der Waals surface area contributed by atoms with Gasteiger partial charge >= 0.3 is 5.97 Å². The molecule has 5 aromatic rings. The number of rotatable bonds is 8. The number of hydrogen-bond donors (Lipinski definition) is 1. The number of fused-ring (bicyclic) bond motifs is 1. The van der Waals surface area contributed by atoms with Crippen LogP contribution in [0.5, 0.6) is 0 Å². The van der Waals surface area contributed by atoms with E-state index in [9.17, 15) is 9.59 Å². The highest BCUT2D eigenvalue weighted by Gasteiger charge is 2.20. The summed E-state index contributed by atoms with van der Waals surface area (Å²) in [5.74, 6) is -0.855. The first-order valence-corrected chi connectivity index (χ1v) is 12.6. The quantitative estimate of drug-likeness (QED) is 0.303. The number of nitrogens with zero attached hydrogens (tertiary/aromatic N) is 5. The number of amides is 1. The van der Waals surface area contributed by atoms with E-state index in [1.54, 1.807) is 16.9 Å². The highest BCUT2D eigenvalue weighted by molar-refractivity contribution is 7.13. The van der Waals surface area contributed by atoms with Gasteiger partial charge in [0.05, 0.1) is 22.8 Å². The molecule has 1 amide bonds. The fourth-order valence-corrected chi connectivity index (χ4v) is 4.45. The normalized spacial score (nSPS) is 11.0. The van der Waals surface area contributed by atoms with Crippen LogP contribution in [-0.4, -0.2) is 36.8 Å². The number of aromatic nitrogens is 5. The number of benzene rings is 2. The number of aryl methyl sites for hydroxylation is 2. The van der Waals surface area contributed by atoms with Crippen molar-refractivity contribution in [1.29, 1.82) is 0 Å². The van der Waals surface area contributed by atoms with Gasteiger partial charge in [-0.1, -0.05) is 71.5 Å².